The minimum absolute atomic E-state index is 0.293. The highest BCUT2D eigenvalue weighted by molar-refractivity contribution is 5.93. The lowest BCUT2D eigenvalue weighted by atomic mass is 10.1. The maximum absolute atomic E-state index is 11.5. The molecule has 0 aliphatic rings. The van der Waals surface area contributed by atoms with Crippen LogP contribution in [0, 0.1) is 5.92 Å². The SMILES string of the molecule is CC(CCNC(=O)c1cncnc1)C(=O)O. The van der Waals surface area contributed by atoms with Gasteiger partial charge in [0.2, 0.25) is 0 Å². The number of rotatable bonds is 5. The summed E-state index contributed by atoms with van der Waals surface area (Å²) in [6.45, 7) is 1.92. The van der Waals surface area contributed by atoms with Gasteiger partial charge in [-0.2, -0.15) is 0 Å². The number of carbonyl (C=O) groups excluding carboxylic acids is 1. The smallest absolute Gasteiger partial charge is 0.306 e. The third-order valence-corrected chi connectivity index (χ3v) is 2.11. The highest BCUT2D eigenvalue weighted by Crippen LogP contribution is 2.00. The van der Waals surface area contributed by atoms with Crippen molar-refractivity contribution in [2.45, 2.75) is 13.3 Å². The van der Waals surface area contributed by atoms with Crippen LogP contribution in [0.25, 0.3) is 0 Å². The van der Waals surface area contributed by atoms with Crippen LogP contribution in [0.15, 0.2) is 18.7 Å². The Morgan fingerprint density at radius 2 is 2.06 bits per heavy atom. The Bertz CT molecular complexity index is 367. The predicted molar refractivity (Wildman–Crippen MR) is 55.8 cm³/mol. The quantitative estimate of drug-likeness (QED) is 0.749. The Labute approximate surface area is 92.7 Å². The first kappa shape index (κ1) is 12.1. The van der Waals surface area contributed by atoms with Gasteiger partial charge in [0.05, 0.1) is 11.5 Å². The van der Waals surface area contributed by atoms with Crippen LogP contribution in [-0.4, -0.2) is 33.5 Å². The molecule has 1 unspecified atom stereocenters. The third-order valence-electron chi connectivity index (χ3n) is 2.11. The molecule has 1 amide bonds. The van der Waals surface area contributed by atoms with Crippen molar-refractivity contribution < 1.29 is 14.7 Å². The topological polar surface area (TPSA) is 92.2 Å². The van der Waals surface area contributed by atoms with Gasteiger partial charge >= 0.3 is 5.97 Å². The van der Waals surface area contributed by atoms with Gasteiger partial charge in [0, 0.05) is 18.9 Å². The van der Waals surface area contributed by atoms with Crippen molar-refractivity contribution in [1.82, 2.24) is 15.3 Å². The zero-order valence-corrected chi connectivity index (χ0v) is 8.88. The number of hydrogen-bond acceptors (Lipinski definition) is 4. The van der Waals surface area contributed by atoms with Crippen molar-refractivity contribution >= 4 is 11.9 Å². The van der Waals surface area contributed by atoms with E-state index in [4.69, 9.17) is 5.11 Å². The molecule has 1 rings (SSSR count). The van der Waals surface area contributed by atoms with E-state index in [0.29, 0.717) is 18.5 Å². The number of carbonyl (C=O) groups is 2. The normalized spacial score (nSPS) is 11.8. The van der Waals surface area contributed by atoms with Crippen molar-refractivity contribution in [2.24, 2.45) is 5.92 Å². The molecule has 1 aromatic rings. The van der Waals surface area contributed by atoms with E-state index in [2.05, 4.69) is 15.3 Å². The van der Waals surface area contributed by atoms with Crippen LogP contribution < -0.4 is 5.32 Å². The number of nitrogens with zero attached hydrogens (tertiary/aromatic N) is 2. The molecule has 6 heteroatoms. The standard InChI is InChI=1S/C10H13N3O3/c1-7(10(15)16)2-3-13-9(14)8-4-11-6-12-5-8/h4-7H,2-3H2,1H3,(H,13,14)(H,15,16). The highest BCUT2D eigenvalue weighted by atomic mass is 16.4. The lowest BCUT2D eigenvalue weighted by Crippen LogP contribution is -2.27. The molecule has 0 saturated carbocycles. The minimum atomic E-state index is -0.864. The van der Waals surface area contributed by atoms with Gasteiger partial charge in [0.25, 0.3) is 5.91 Å². The van der Waals surface area contributed by atoms with E-state index in [1.165, 1.54) is 18.7 Å². The summed E-state index contributed by atoms with van der Waals surface area (Å²) in [5.74, 6) is -1.62. The summed E-state index contributed by atoms with van der Waals surface area (Å²) in [4.78, 5) is 29.4. The van der Waals surface area contributed by atoms with Crippen molar-refractivity contribution in [3.63, 3.8) is 0 Å². The first-order valence-electron chi connectivity index (χ1n) is 4.87. The van der Waals surface area contributed by atoms with Gasteiger partial charge in [-0.1, -0.05) is 6.92 Å². The lowest BCUT2D eigenvalue weighted by Gasteiger charge is -2.07. The summed E-state index contributed by atoms with van der Waals surface area (Å²) in [7, 11) is 0. The van der Waals surface area contributed by atoms with E-state index < -0.39 is 11.9 Å². The van der Waals surface area contributed by atoms with E-state index in [1.54, 1.807) is 6.92 Å². The first-order chi connectivity index (χ1) is 7.61. The zero-order valence-electron chi connectivity index (χ0n) is 8.88. The second-order valence-corrected chi connectivity index (χ2v) is 3.41. The summed E-state index contributed by atoms with van der Waals surface area (Å²) >= 11 is 0. The Morgan fingerprint density at radius 3 is 2.62 bits per heavy atom. The van der Waals surface area contributed by atoms with Crippen LogP contribution in [0.5, 0.6) is 0 Å². The highest BCUT2D eigenvalue weighted by Gasteiger charge is 2.11. The summed E-state index contributed by atoms with van der Waals surface area (Å²) in [6, 6.07) is 0. The molecule has 0 radical (unpaired) electrons. The molecule has 1 atom stereocenters. The van der Waals surface area contributed by atoms with Gasteiger partial charge in [0.15, 0.2) is 0 Å². The van der Waals surface area contributed by atoms with Crippen molar-refractivity contribution in [3.05, 3.63) is 24.3 Å². The van der Waals surface area contributed by atoms with Gasteiger partial charge in [-0.3, -0.25) is 9.59 Å². The molecule has 0 bridgehead atoms. The molecule has 1 aromatic heterocycles. The lowest BCUT2D eigenvalue weighted by molar-refractivity contribution is -0.141. The number of carboxylic acid groups (broad SMARTS) is 1. The average Bonchev–Trinajstić information content (AvgIpc) is 2.29. The van der Waals surface area contributed by atoms with Gasteiger partial charge in [-0.05, 0) is 6.42 Å². The molecule has 0 aromatic carbocycles. The third kappa shape index (κ3) is 3.64. The molecule has 0 aliphatic heterocycles. The molecule has 16 heavy (non-hydrogen) atoms. The van der Waals surface area contributed by atoms with Crippen molar-refractivity contribution in [1.29, 1.82) is 0 Å². The fourth-order valence-electron chi connectivity index (χ4n) is 1.04. The van der Waals surface area contributed by atoms with Gasteiger partial charge in [-0.25, -0.2) is 9.97 Å². The number of carboxylic acids is 1. The summed E-state index contributed by atoms with van der Waals surface area (Å²) in [5, 5.41) is 11.2. The van der Waals surface area contributed by atoms with Crippen LogP contribution in [0.4, 0.5) is 0 Å². The molecule has 0 spiro atoms. The Kier molecular flexibility index (Phi) is 4.38. The largest absolute Gasteiger partial charge is 0.481 e. The molecule has 2 N–H and O–H groups in total. The summed E-state index contributed by atoms with van der Waals surface area (Å²) in [6.07, 6.45) is 4.55. The summed E-state index contributed by atoms with van der Waals surface area (Å²) in [5.41, 5.74) is 0.366. The van der Waals surface area contributed by atoms with Crippen molar-refractivity contribution in [2.75, 3.05) is 6.54 Å². The Hall–Kier alpha value is -1.98. The molecule has 1 heterocycles. The fraction of sp³-hybridized carbons (Fsp3) is 0.400. The molecule has 86 valence electrons. The van der Waals surface area contributed by atoms with Crippen LogP contribution in [0.3, 0.4) is 0 Å². The van der Waals surface area contributed by atoms with E-state index in [-0.39, 0.29) is 5.91 Å². The van der Waals surface area contributed by atoms with E-state index in [0.717, 1.165) is 0 Å². The molecular formula is C10H13N3O3. The van der Waals surface area contributed by atoms with Crippen LogP contribution >= 0.6 is 0 Å². The first-order valence-corrected chi connectivity index (χ1v) is 4.87. The van der Waals surface area contributed by atoms with Gasteiger partial charge in [0.1, 0.15) is 6.33 Å². The number of aromatic nitrogens is 2. The summed E-state index contributed by atoms with van der Waals surface area (Å²) < 4.78 is 0. The molecule has 0 fully saturated rings. The average molecular weight is 223 g/mol. The molecule has 6 nitrogen and oxygen atoms in total. The van der Waals surface area contributed by atoms with Gasteiger partial charge < -0.3 is 10.4 Å². The van der Waals surface area contributed by atoms with Gasteiger partial charge in [-0.15, -0.1) is 0 Å². The molecule has 0 saturated heterocycles. The Morgan fingerprint density at radius 1 is 1.44 bits per heavy atom. The fourth-order valence-corrected chi connectivity index (χ4v) is 1.04. The van der Waals surface area contributed by atoms with Crippen LogP contribution in [0.2, 0.25) is 0 Å². The van der Waals surface area contributed by atoms with Crippen molar-refractivity contribution in [3.8, 4) is 0 Å². The van der Waals surface area contributed by atoms with E-state index in [1.807, 2.05) is 0 Å². The van der Waals surface area contributed by atoms with Crippen LogP contribution in [-0.2, 0) is 4.79 Å². The monoisotopic (exact) mass is 223 g/mol. The van der Waals surface area contributed by atoms with E-state index >= 15 is 0 Å². The predicted octanol–water partition coefficient (Wildman–Crippen LogP) is 0.317. The molecule has 0 aliphatic carbocycles. The number of aliphatic carboxylic acids is 1. The maximum atomic E-state index is 11.5. The molecular weight excluding hydrogens is 210 g/mol. The minimum Gasteiger partial charge on any atom is -0.481 e. The maximum Gasteiger partial charge on any atom is 0.306 e. The number of nitrogens with one attached hydrogen (secondary N) is 1. The van der Waals surface area contributed by atoms with E-state index in [9.17, 15) is 9.59 Å². The number of hydrogen-bond donors (Lipinski definition) is 2. The second kappa shape index (κ2) is 5.79. The number of amides is 1. The second-order valence-electron chi connectivity index (χ2n) is 3.41. The van der Waals surface area contributed by atoms with Crippen LogP contribution in [0.1, 0.15) is 23.7 Å². The zero-order chi connectivity index (χ0) is 12.0. The Balaban J connectivity index is 2.34.